The molecule has 2 heterocycles. The molecule has 0 saturated carbocycles. The minimum Gasteiger partial charge on any atom is -0.464 e. The summed E-state index contributed by atoms with van der Waals surface area (Å²) in [6.07, 6.45) is 2.97. The Bertz CT molecular complexity index is 647. The zero-order valence-electron chi connectivity index (χ0n) is 11.1. The standard InChI is InChI=1S/C14H15BrN2O3/c1-19-14(18)13-10-6-5-9(15)8-11(10)17(16-13)12-4-2-3-7-20-12/h5-6,8,12H,2-4,7H2,1H3. The molecular weight excluding hydrogens is 324 g/mol. The predicted molar refractivity (Wildman–Crippen MR) is 77.6 cm³/mol. The molecule has 20 heavy (non-hydrogen) atoms. The Morgan fingerprint density at radius 3 is 3.05 bits per heavy atom. The highest BCUT2D eigenvalue weighted by molar-refractivity contribution is 9.10. The number of ether oxygens (including phenoxy) is 2. The fourth-order valence-electron chi connectivity index (χ4n) is 2.49. The van der Waals surface area contributed by atoms with Gasteiger partial charge in [0.1, 0.15) is 0 Å². The number of hydrogen-bond donors (Lipinski definition) is 0. The van der Waals surface area contributed by atoms with Crippen molar-refractivity contribution in [2.75, 3.05) is 13.7 Å². The number of benzene rings is 1. The summed E-state index contributed by atoms with van der Waals surface area (Å²) in [5, 5.41) is 5.21. The van der Waals surface area contributed by atoms with Crippen LogP contribution in [0.4, 0.5) is 0 Å². The minimum atomic E-state index is -0.424. The number of esters is 1. The summed E-state index contributed by atoms with van der Waals surface area (Å²) < 4.78 is 13.3. The molecule has 1 aliphatic heterocycles. The average Bonchev–Trinajstić information content (AvgIpc) is 2.86. The van der Waals surface area contributed by atoms with Gasteiger partial charge in [0.25, 0.3) is 0 Å². The highest BCUT2D eigenvalue weighted by Crippen LogP contribution is 2.30. The zero-order chi connectivity index (χ0) is 14.1. The quantitative estimate of drug-likeness (QED) is 0.788. The molecule has 0 aliphatic carbocycles. The number of rotatable bonds is 2. The fraction of sp³-hybridized carbons (Fsp3) is 0.429. The molecule has 1 saturated heterocycles. The smallest absolute Gasteiger partial charge is 0.359 e. The van der Waals surface area contributed by atoms with Gasteiger partial charge in [-0.1, -0.05) is 15.9 Å². The number of methoxy groups -OCH3 is 1. The van der Waals surface area contributed by atoms with Gasteiger partial charge in [0.05, 0.1) is 12.6 Å². The summed E-state index contributed by atoms with van der Waals surface area (Å²) in [5.41, 5.74) is 1.22. The molecular formula is C14H15BrN2O3. The number of fused-ring (bicyclic) bond motifs is 1. The molecule has 1 aromatic heterocycles. The molecule has 2 aromatic rings. The van der Waals surface area contributed by atoms with E-state index in [4.69, 9.17) is 9.47 Å². The summed E-state index contributed by atoms with van der Waals surface area (Å²) in [5.74, 6) is -0.424. The summed E-state index contributed by atoms with van der Waals surface area (Å²) in [6.45, 7) is 0.730. The number of carbonyl (C=O) groups excluding carboxylic acids is 1. The molecule has 106 valence electrons. The molecule has 1 aliphatic rings. The maximum atomic E-state index is 11.9. The van der Waals surface area contributed by atoms with Crippen LogP contribution in [-0.4, -0.2) is 29.5 Å². The third-order valence-corrected chi connectivity index (χ3v) is 3.97. The van der Waals surface area contributed by atoms with Gasteiger partial charge in [-0.3, -0.25) is 0 Å². The van der Waals surface area contributed by atoms with Gasteiger partial charge in [-0.05, 0) is 37.5 Å². The Labute approximate surface area is 125 Å². The van der Waals surface area contributed by atoms with Crippen LogP contribution in [0.15, 0.2) is 22.7 Å². The second kappa shape index (κ2) is 5.54. The van der Waals surface area contributed by atoms with E-state index in [9.17, 15) is 4.79 Å². The van der Waals surface area contributed by atoms with Gasteiger partial charge in [-0.15, -0.1) is 0 Å². The van der Waals surface area contributed by atoms with Crippen LogP contribution in [0, 0.1) is 0 Å². The topological polar surface area (TPSA) is 53.3 Å². The van der Waals surface area contributed by atoms with E-state index in [1.165, 1.54) is 7.11 Å². The molecule has 1 aromatic carbocycles. The first-order valence-corrected chi connectivity index (χ1v) is 7.37. The van der Waals surface area contributed by atoms with Crippen LogP contribution in [-0.2, 0) is 9.47 Å². The molecule has 0 bridgehead atoms. The average molecular weight is 339 g/mol. The summed E-state index contributed by atoms with van der Waals surface area (Å²) in [4.78, 5) is 11.9. The van der Waals surface area contributed by atoms with Gasteiger partial charge in [0, 0.05) is 16.5 Å². The van der Waals surface area contributed by atoms with Crippen LogP contribution < -0.4 is 0 Å². The van der Waals surface area contributed by atoms with Gasteiger partial charge in [0.2, 0.25) is 0 Å². The van der Waals surface area contributed by atoms with Crippen molar-refractivity contribution in [1.29, 1.82) is 0 Å². The summed E-state index contributed by atoms with van der Waals surface area (Å²) in [7, 11) is 1.36. The molecule has 0 radical (unpaired) electrons. The van der Waals surface area contributed by atoms with Gasteiger partial charge in [-0.2, -0.15) is 5.10 Å². The Hall–Kier alpha value is -1.40. The van der Waals surface area contributed by atoms with Crippen LogP contribution in [0.25, 0.3) is 10.9 Å². The molecule has 0 N–H and O–H groups in total. The largest absolute Gasteiger partial charge is 0.464 e. The van der Waals surface area contributed by atoms with E-state index in [0.29, 0.717) is 5.69 Å². The van der Waals surface area contributed by atoms with Gasteiger partial charge >= 0.3 is 5.97 Å². The van der Waals surface area contributed by atoms with Crippen LogP contribution in [0.3, 0.4) is 0 Å². The molecule has 0 spiro atoms. The fourth-order valence-corrected chi connectivity index (χ4v) is 2.84. The van der Waals surface area contributed by atoms with E-state index in [0.717, 1.165) is 41.2 Å². The molecule has 1 atom stereocenters. The van der Waals surface area contributed by atoms with E-state index in [-0.39, 0.29) is 6.23 Å². The normalized spacial score (nSPS) is 19.2. The van der Waals surface area contributed by atoms with Gasteiger partial charge in [0.15, 0.2) is 11.9 Å². The van der Waals surface area contributed by atoms with Gasteiger partial charge < -0.3 is 9.47 Å². The van der Waals surface area contributed by atoms with Crippen molar-refractivity contribution in [3.63, 3.8) is 0 Å². The second-order valence-corrected chi connectivity index (χ2v) is 5.68. The van der Waals surface area contributed by atoms with E-state index in [1.54, 1.807) is 4.68 Å². The van der Waals surface area contributed by atoms with Crippen LogP contribution in [0.5, 0.6) is 0 Å². The number of halogens is 1. The van der Waals surface area contributed by atoms with Crippen LogP contribution in [0.2, 0.25) is 0 Å². The number of hydrogen-bond acceptors (Lipinski definition) is 4. The molecule has 1 fully saturated rings. The molecule has 3 rings (SSSR count). The van der Waals surface area contributed by atoms with E-state index in [2.05, 4.69) is 21.0 Å². The first-order chi connectivity index (χ1) is 9.70. The predicted octanol–water partition coefficient (Wildman–Crippen LogP) is 3.28. The van der Waals surface area contributed by atoms with Crippen molar-refractivity contribution < 1.29 is 14.3 Å². The van der Waals surface area contributed by atoms with Crippen molar-refractivity contribution in [2.45, 2.75) is 25.5 Å². The lowest BCUT2D eigenvalue weighted by Gasteiger charge is -2.23. The second-order valence-electron chi connectivity index (χ2n) is 4.77. The highest BCUT2D eigenvalue weighted by Gasteiger charge is 2.24. The molecule has 1 unspecified atom stereocenters. The lowest BCUT2D eigenvalue weighted by Crippen LogP contribution is -2.19. The Morgan fingerprint density at radius 1 is 1.50 bits per heavy atom. The Balaban J connectivity index is 2.15. The maximum absolute atomic E-state index is 11.9. The van der Waals surface area contributed by atoms with E-state index >= 15 is 0 Å². The number of aromatic nitrogens is 2. The molecule has 5 nitrogen and oxygen atoms in total. The first kappa shape index (κ1) is 13.6. The van der Waals surface area contributed by atoms with Crippen LogP contribution >= 0.6 is 15.9 Å². The maximum Gasteiger partial charge on any atom is 0.359 e. The van der Waals surface area contributed by atoms with E-state index < -0.39 is 5.97 Å². The van der Waals surface area contributed by atoms with Crippen molar-refractivity contribution in [3.05, 3.63) is 28.4 Å². The summed E-state index contributed by atoms with van der Waals surface area (Å²) >= 11 is 3.46. The lowest BCUT2D eigenvalue weighted by molar-refractivity contribution is -0.0369. The number of nitrogens with zero attached hydrogens (tertiary/aromatic N) is 2. The van der Waals surface area contributed by atoms with Crippen molar-refractivity contribution in [2.24, 2.45) is 0 Å². The molecule has 6 heteroatoms. The zero-order valence-corrected chi connectivity index (χ0v) is 12.7. The Morgan fingerprint density at radius 2 is 2.35 bits per heavy atom. The monoisotopic (exact) mass is 338 g/mol. The van der Waals surface area contributed by atoms with Crippen molar-refractivity contribution >= 4 is 32.8 Å². The Kier molecular flexibility index (Phi) is 3.76. The third-order valence-electron chi connectivity index (χ3n) is 3.48. The first-order valence-electron chi connectivity index (χ1n) is 6.58. The van der Waals surface area contributed by atoms with Gasteiger partial charge in [-0.25, -0.2) is 9.48 Å². The SMILES string of the molecule is COC(=O)c1nn(C2CCCCO2)c2cc(Br)ccc12. The third kappa shape index (κ3) is 2.33. The number of carbonyl (C=O) groups is 1. The molecule has 0 amide bonds. The van der Waals surface area contributed by atoms with Crippen molar-refractivity contribution in [3.8, 4) is 0 Å². The summed E-state index contributed by atoms with van der Waals surface area (Å²) in [6, 6.07) is 5.72. The van der Waals surface area contributed by atoms with E-state index in [1.807, 2.05) is 18.2 Å². The van der Waals surface area contributed by atoms with Crippen molar-refractivity contribution in [1.82, 2.24) is 9.78 Å². The van der Waals surface area contributed by atoms with Crippen LogP contribution in [0.1, 0.15) is 36.0 Å². The highest BCUT2D eigenvalue weighted by atomic mass is 79.9. The lowest BCUT2D eigenvalue weighted by atomic mass is 10.2. The minimum absolute atomic E-state index is 0.112.